The number of hydrogen-bond acceptors (Lipinski definition) is 4. The maximum atomic E-state index is 9.61. The Morgan fingerprint density at radius 1 is 1.18 bits per heavy atom. The Labute approximate surface area is 63.7 Å². The van der Waals surface area contributed by atoms with E-state index in [1.165, 1.54) is 0 Å². The highest BCUT2D eigenvalue weighted by Crippen LogP contribution is 1.77. The fourth-order valence-corrected chi connectivity index (χ4v) is 0.251. The van der Waals surface area contributed by atoms with Gasteiger partial charge >= 0.3 is 0 Å². The van der Waals surface area contributed by atoms with E-state index >= 15 is 0 Å². The lowest BCUT2D eigenvalue weighted by Gasteiger charge is -1.93. The summed E-state index contributed by atoms with van der Waals surface area (Å²) in [5, 5.41) is 19.2. The second-order valence-electron chi connectivity index (χ2n) is 1.30. The molecule has 8 N–H and O–H groups in total. The highest BCUT2D eigenvalue weighted by Gasteiger charge is 1.76. The number of carbonyl (C=O) groups excluding carboxylic acids is 2. The van der Waals surface area contributed by atoms with Gasteiger partial charge in [0, 0.05) is 12.4 Å². The Balaban J connectivity index is -0.000000320. The summed E-state index contributed by atoms with van der Waals surface area (Å²) in [4.78, 5) is 19.2. The van der Waals surface area contributed by atoms with E-state index in [0.717, 1.165) is 6.08 Å². The number of quaternary nitrogens is 2. The minimum absolute atomic E-state index is 0. The summed E-state index contributed by atoms with van der Waals surface area (Å²) in [5.74, 6) is -2.72. The topological polar surface area (TPSA) is 153 Å². The lowest BCUT2D eigenvalue weighted by molar-refractivity contribution is -0.304. The maximum absolute atomic E-state index is 9.61. The number of carbonyl (C=O) groups is 2. The first-order valence-electron chi connectivity index (χ1n) is 2.20. The second kappa shape index (κ2) is 8.60. The molecule has 0 aromatic rings. The Kier molecular flexibility index (Phi) is 12.7. The molecule has 66 valence electrons. The van der Waals surface area contributed by atoms with Gasteiger partial charge in [-0.15, -0.1) is 0 Å². The van der Waals surface area contributed by atoms with E-state index in [4.69, 9.17) is 0 Å². The van der Waals surface area contributed by atoms with Crippen molar-refractivity contribution in [1.29, 1.82) is 0 Å². The number of carboxylic acid groups (broad SMARTS) is 2. The van der Waals surface area contributed by atoms with Crippen molar-refractivity contribution >= 4 is 11.9 Å². The average molecular weight is 164 g/mol. The fourth-order valence-electron chi connectivity index (χ4n) is 0.251. The normalized spacial score (nSPS) is 8.00. The van der Waals surface area contributed by atoms with Crippen molar-refractivity contribution in [3.8, 4) is 0 Å². The SMILES string of the molecule is O=C([O-])C=CCC(=O)[O-].[NH4+].[NH4+]. The van der Waals surface area contributed by atoms with Gasteiger partial charge in [-0.2, -0.15) is 0 Å². The summed E-state index contributed by atoms with van der Waals surface area (Å²) < 4.78 is 0. The maximum Gasteiger partial charge on any atom is 0.0639 e. The number of hydrogen-bond donors (Lipinski definition) is 2. The second-order valence-corrected chi connectivity index (χ2v) is 1.30. The van der Waals surface area contributed by atoms with Crippen LogP contribution in [0.1, 0.15) is 6.42 Å². The molecule has 0 aliphatic heterocycles. The van der Waals surface area contributed by atoms with E-state index in [0.29, 0.717) is 6.08 Å². The quantitative estimate of drug-likeness (QED) is 0.471. The van der Waals surface area contributed by atoms with E-state index in [9.17, 15) is 19.8 Å². The van der Waals surface area contributed by atoms with Crippen LogP contribution in [0, 0.1) is 0 Å². The number of aliphatic carboxylic acids is 2. The van der Waals surface area contributed by atoms with Crippen LogP contribution in [0.4, 0.5) is 0 Å². The smallest absolute Gasteiger partial charge is 0.0639 e. The highest BCUT2D eigenvalue weighted by molar-refractivity contribution is 5.78. The molecule has 0 radical (unpaired) electrons. The van der Waals surface area contributed by atoms with Gasteiger partial charge in [0.25, 0.3) is 0 Å². The minimum atomic E-state index is -1.41. The van der Waals surface area contributed by atoms with Crippen molar-refractivity contribution in [3.05, 3.63) is 12.2 Å². The summed E-state index contributed by atoms with van der Waals surface area (Å²) >= 11 is 0. The third kappa shape index (κ3) is 17.7. The summed E-state index contributed by atoms with van der Waals surface area (Å²) in [6.45, 7) is 0. The summed E-state index contributed by atoms with van der Waals surface area (Å²) in [7, 11) is 0. The molecule has 6 nitrogen and oxygen atoms in total. The molecule has 0 aliphatic rings. The van der Waals surface area contributed by atoms with Gasteiger partial charge in [0.2, 0.25) is 0 Å². The zero-order chi connectivity index (χ0) is 7.28. The predicted molar refractivity (Wildman–Crippen MR) is 35.7 cm³/mol. The largest absolute Gasteiger partial charge is 0.550 e. The molecule has 11 heavy (non-hydrogen) atoms. The van der Waals surface area contributed by atoms with E-state index in [2.05, 4.69) is 0 Å². The Morgan fingerprint density at radius 3 is 1.91 bits per heavy atom. The van der Waals surface area contributed by atoms with Crippen LogP contribution in [-0.4, -0.2) is 11.9 Å². The predicted octanol–water partition coefficient (Wildman–Crippen LogP) is -1.82. The zero-order valence-corrected chi connectivity index (χ0v) is 6.49. The lowest BCUT2D eigenvalue weighted by Crippen LogP contribution is -2.22. The van der Waals surface area contributed by atoms with Crippen molar-refractivity contribution in [2.24, 2.45) is 0 Å². The van der Waals surface area contributed by atoms with E-state index in [1.807, 2.05) is 0 Å². The third-order valence-electron chi connectivity index (χ3n) is 0.538. The third-order valence-corrected chi connectivity index (χ3v) is 0.538. The molecule has 0 aromatic heterocycles. The minimum Gasteiger partial charge on any atom is -0.550 e. The first kappa shape index (κ1) is 16.3. The molecule has 0 unspecified atom stereocenters. The van der Waals surface area contributed by atoms with Crippen LogP contribution in [0.2, 0.25) is 0 Å². The average Bonchev–Trinajstić information content (AvgIpc) is 1.63. The molecule has 0 aliphatic carbocycles. The summed E-state index contributed by atoms with van der Waals surface area (Å²) in [6, 6.07) is 0. The van der Waals surface area contributed by atoms with Gasteiger partial charge in [-0.05, 0) is 6.08 Å². The van der Waals surface area contributed by atoms with Crippen LogP contribution in [0.25, 0.3) is 0 Å². The summed E-state index contributed by atoms with van der Waals surface area (Å²) in [5.41, 5.74) is 0. The van der Waals surface area contributed by atoms with Crippen molar-refractivity contribution < 1.29 is 19.8 Å². The van der Waals surface area contributed by atoms with Crippen molar-refractivity contribution in [2.45, 2.75) is 6.42 Å². The van der Waals surface area contributed by atoms with Gasteiger partial charge in [-0.1, -0.05) is 6.08 Å². The highest BCUT2D eigenvalue weighted by atomic mass is 16.4. The van der Waals surface area contributed by atoms with E-state index in [1.54, 1.807) is 0 Å². The molecule has 0 atom stereocenters. The van der Waals surface area contributed by atoms with E-state index < -0.39 is 18.4 Å². The van der Waals surface area contributed by atoms with Crippen LogP contribution in [0.15, 0.2) is 12.2 Å². The molecule has 0 bridgehead atoms. The van der Waals surface area contributed by atoms with Gasteiger partial charge in [0.05, 0.1) is 5.97 Å². The lowest BCUT2D eigenvalue weighted by atomic mass is 10.4. The van der Waals surface area contributed by atoms with Crippen LogP contribution >= 0.6 is 0 Å². The van der Waals surface area contributed by atoms with Gasteiger partial charge in [0.15, 0.2) is 0 Å². The number of carboxylic acids is 2. The monoisotopic (exact) mass is 164 g/mol. The number of rotatable bonds is 3. The zero-order valence-electron chi connectivity index (χ0n) is 6.49. The molecule has 0 saturated heterocycles. The molecular formula is C5H12N2O4. The standard InChI is InChI=1S/C5H6O4.2H3N/c6-4(7)2-1-3-5(8)9;;/h1-2H,3H2,(H,6,7)(H,8,9);2*1H3. The molecule has 0 spiro atoms. The van der Waals surface area contributed by atoms with Crippen LogP contribution in [0.3, 0.4) is 0 Å². The van der Waals surface area contributed by atoms with Crippen molar-refractivity contribution in [3.63, 3.8) is 0 Å². The molecular weight excluding hydrogens is 152 g/mol. The Hall–Kier alpha value is -1.40. The van der Waals surface area contributed by atoms with Crippen LogP contribution < -0.4 is 22.5 Å². The van der Waals surface area contributed by atoms with Crippen molar-refractivity contribution in [2.75, 3.05) is 0 Å². The van der Waals surface area contributed by atoms with Crippen LogP contribution in [-0.2, 0) is 9.59 Å². The molecule has 0 saturated carbocycles. The Bertz CT molecular complexity index is 155. The molecule has 0 heterocycles. The van der Waals surface area contributed by atoms with Gasteiger partial charge in [0.1, 0.15) is 0 Å². The fraction of sp³-hybridized carbons (Fsp3) is 0.200. The molecule has 6 heteroatoms. The van der Waals surface area contributed by atoms with Gasteiger partial charge in [-0.3, -0.25) is 0 Å². The molecule has 0 rings (SSSR count). The molecule has 0 amide bonds. The first-order chi connectivity index (χ1) is 4.13. The van der Waals surface area contributed by atoms with Crippen molar-refractivity contribution in [1.82, 2.24) is 12.3 Å². The molecule has 0 aromatic carbocycles. The Morgan fingerprint density at radius 2 is 1.64 bits per heavy atom. The van der Waals surface area contributed by atoms with Crippen LogP contribution in [0.5, 0.6) is 0 Å². The van der Waals surface area contributed by atoms with Gasteiger partial charge < -0.3 is 32.1 Å². The van der Waals surface area contributed by atoms with E-state index in [-0.39, 0.29) is 12.3 Å². The van der Waals surface area contributed by atoms with Gasteiger partial charge in [-0.25, -0.2) is 0 Å². The summed E-state index contributed by atoms with van der Waals surface area (Å²) in [6.07, 6.45) is 1.20. The first-order valence-corrected chi connectivity index (χ1v) is 2.20. The molecule has 0 fully saturated rings.